The van der Waals surface area contributed by atoms with Gasteiger partial charge in [-0.2, -0.15) is 0 Å². The minimum atomic E-state index is -1.07. The third-order valence-corrected chi connectivity index (χ3v) is 4.32. The van der Waals surface area contributed by atoms with Gasteiger partial charge in [-0.3, -0.25) is 9.48 Å². The van der Waals surface area contributed by atoms with Crippen LogP contribution in [0.4, 0.5) is 0 Å². The molecule has 1 atom stereocenters. The van der Waals surface area contributed by atoms with E-state index >= 15 is 0 Å². The highest BCUT2D eigenvalue weighted by Crippen LogP contribution is 2.24. The van der Waals surface area contributed by atoms with Crippen molar-refractivity contribution < 1.29 is 14.7 Å². The van der Waals surface area contributed by atoms with E-state index in [4.69, 9.17) is 5.11 Å². The maximum absolute atomic E-state index is 12.4. The number of rotatable bonds is 4. The van der Waals surface area contributed by atoms with E-state index in [1.165, 1.54) is 6.20 Å². The molecule has 1 amide bonds. The van der Waals surface area contributed by atoms with Crippen LogP contribution in [0, 0.1) is 5.92 Å². The number of carboxylic acids is 1. The molecule has 1 fully saturated rings. The molecule has 0 aromatic carbocycles. The van der Waals surface area contributed by atoms with E-state index in [1.54, 1.807) is 4.68 Å². The Hall–Kier alpha value is -2.18. The maximum Gasteiger partial charge on any atom is 0.358 e. The fraction of sp³-hybridized carbons (Fsp3) is 0.600. The van der Waals surface area contributed by atoms with Crippen LogP contribution >= 0.6 is 0 Å². The van der Waals surface area contributed by atoms with E-state index in [0.717, 1.165) is 44.2 Å². The smallest absolute Gasteiger partial charge is 0.358 e. The molecule has 1 aromatic rings. The van der Waals surface area contributed by atoms with Crippen LogP contribution in [0.15, 0.2) is 17.8 Å². The van der Waals surface area contributed by atoms with Crippen LogP contribution in [0.25, 0.3) is 0 Å². The second kappa shape index (κ2) is 6.29. The summed E-state index contributed by atoms with van der Waals surface area (Å²) < 4.78 is 1.57. The molecule has 2 heterocycles. The molecule has 7 heteroatoms. The van der Waals surface area contributed by atoms with Gasteiger partial charge in [-0.25, -0.2) is 4.79 Å². The highest BCUT2D eigenvalue weighted by Gasteiger charge is 2.27. The number of carbonyl (C=O) groups is 2. The highest BCUT2D eigenvalue weighted by molar-refractivity contribution is 5.93. The van der Waals surface area contributed by atoms with E-state index < -0.39 is 5.97 Å². The van der Waals surface area contributed by atoms with Gasteiger partial charge in [0.15, 0.2) is 5.69 Å². The molecule has 1 saturated heterocycles. The molecule has 2 aliphatic rings. The van der Waals surface area contributed by atoms with Gasteiger partial charge in [-0.15, -0.1) is 5.10 Å². The molecule has 1 aliphatic heterocycles. The third-order valence-electron chi connectivity index (χ3n) is 4.32. The lowest BCUT2D eigenvalue weighted by atomic mass is 9.97. The van der Waals surface area contributed by atoms with Crippen LogP contribution in [0.5, 0.6) is 0 Å². The van der Waals surface area contributed by atoms with E-state index in [-0.39, 0.29) is 11.6 Å². The molecule has 1 N–H and O–H groups in total. The minimum Gasteiger partial charge on any atom is -0.476 e. The van der Waals surface area contributed by atoms with Crippen LogP contribution in [-0.4, -0.2) is 50.0 Å². The standard InChI is InChI=1S/C15H20N4O3/c20-14(12-5-1-2-6-12)18-7-3-4-11(8-18)9-19-10-13(15(21)22)16-17-19/h5,10-11H,1-4,6-9H2,(H,21,22). The lowest BCUT2D eigenvalue weighted by Gasteiger charge is -2.33. The lowest BCUT2D eigenvalue weighted by molar-refractivity contribution is -0.129. The Morgan fingerprint density at radius 3 is 2.91 bits per heavy atom. The zero-order valence-corrected chi connectivity index (χ0v) is 12.4. The predicted octanol–water partition coefficient (Wildman–Crippen LogP) is 1.33. The van der Waals surface area contributed by atoms with Crippen molar-refractivity contribution in [2.75, 3.05) is 13.1 Å². The molecule has 22 heavy (non-hydrogen) atoms. The topological polar surface area (TPSA) is 88.3 Å². The Kier molecular flexibility index (Phi) is 4.22. The van der Waals surface area contributed by atoms with Crippen molar-refractivity contribution in [3.8, 4) is 0 Å². The average Bonchev–Trinajstić information content (AvgIpc) is 3.18. The summed E-state index contributed by atoms with van der Waals surface area (Å²) in [7, 11) is 0. The first-order valence-electron chi connectivity index (χ1n) is 7.75. The average molecular weight is 304 g/mol. The van der Waals surface area contributed by atoms with Gasteiger partial charge in [0, 0.05) is 25.2 Å². The van der Waals surface area contributed by atoms with Gasteiger partial charge < -0.3 is 10.0 Å². The normalized spacial score (nSPS) is 21.7. The second-order valence-corrected chi connectivity index (χ2v) is 6.01. The number of likely N-dealkylation sites (tertiary alicyclic amines) is 1. The van der Waals surface area contributed by atoms with Crippen LogP contribution in [-0.2, 0) is 11.3 Å². The van der Waals surface area contributed by atoms with Crippen molar-refractivity contribution in [3.05, 3.63) is 23.5 Å². The molecule has 7 nitrogen and oxygen atoms in total. The Morgan fingerprint density at radius 1 is 1.36 bits per heavy atom. The van der Waals surface area contributed by atoms with Crippen molar-refractivity contribution in [1.29, 1.82) is 0 Å². The zero-order valence-electron chi connectivity index (χ0n) is 12.4. The number of piperidine rings is 1. The summed E-state index contributed by atoms with van der Waals surface area (Å²) in [5.74, 6) is -0.602. The minimum absolute atomic E-state index is 0.0418. The summed E-state index contributed by atoms with van der Waals surface area (Å²) in [5.41, 5.74) is 0.912. The molecule has 0 radical (unpaired) electrons. The van der Waals surface area contributed by atoms with Gasteiger partial charge >= 0.3 is 5.97 Å². The fourth-order valence-corrected chi connectivity index (χ4v) is 3.22. The van der Waals surface area contributed by atoms with Crippen molar-refractivity contribution in [2.45, 2.75) is 38.6 Å². The summed E-state index contributed by atoms with van der Waals surface area (Å²) in [6, 6.07) is 0. The highest BCUT2D eigenvalue weighted by atomic mass is 16.4. The number of carbonyl (C=O) groups excluding carboxylic acids is 1. The first-order valence-corrected chi connectivity index (χ1v) is 7.75. The summed E-state index contributed by atoms with van der Waals surface area (Å²) in [6.45, 7) is 2.12. The van der Waals surface area contributed by atoms with Gasteiger partial charge in [0.1, 0.15) is 0 Å². The molecule has 0 bridgehead atoms. The Bertz CT molecular complexity index is 608. The number of carboxylic acid groups (broad SMARTS) is 1. The van der Waals surface area contributed by atoms with Gasteiger partial charge in [0.25, 0.3) is 0 Å². The van der Waals surface area contributed by atoms with Crippen molar-refractivity contribution in [2.24, 2.45) is 5.92 Å². The molecule has 3 rings (SSSR count). The number of amides is 1. The van der Waals surface area contributed by atoms with Crippen molar-refractivity contribution in [3.63, 3.8) is 0 Å². The summed E-state index contributed by atoms with van der Waals surface area (Å²) in [5, 5.41) is 16.3. The molecule has 1 aliphatic carbocycles. The first kappa shape index (κ1) is 14.7. The molecule has 1 aromatic heterocycles. The van der Waals surface area contributed by atoms with Crippen LogP contribution in [0.3, 0.4) is 0 Å². The van der Waals surface area contributed by atoms with Gasteiger partial charge in [-0.05, 0) is 38.0 Å². The Labute approximate surface area is 128 Å². The molecular formula is C15H20N4O3. The largest absolute Gasteiger partial charge is 0.476 e. The van der Waals surface area contributed by atoms with E-state index in [0.29, 0.717) is 19.0 Å². The molecule has 0 spiro atoms. The van der Waals surface area contributed by atoms with Crippen molar-refractivity contribution in [1.82, 2.24) is 19.9 Å². The number of allylic oxidation sites excluding steroid dienone is 1. The second-order valence-electron chi connectivity index (χ2n) is 6.01. The van der Waals surface area contributed by atoms with E-state index in [9.17, 15) is 9.59 Å². The predicted molar refractivity (Wildman–Crippen MR) is 78.2 cm³/mol. The Morgan fingerprint density at radius 2 is 2.23 bits per heavy atom. The summed E-state index contributed by atoms with van der Waals surface area (Å²) in [4.78, 5) is 25.2. The summed E-state index contributed by atoms with van der Waals surface area (Å²) in [6.07, 6.45) is 8.48. The zero-order chi connectivity index (χ0) is 15.5. The molecule has 1 unspecified atom stereocenters. The number of aromatic carboxylic acids is 1. The lowest BCUT2D eigenvalue weighted by Crippen LogP contribution is -2.41. The summed E-state index contributed by atoms with van der Waals surface area (Å²) >= 11 is 0. The van der Waals surface area contributed by atoms with Crippen molar-refractivity contribution >= 4 is 11.9 Å². The van der Waals surface area contributed by atoms with Gasteiger partial charge in [-0.1, -0.05) is 11.3 Å². The van der Waals surface area contributed by atoms with E-state index in [2.05, 4.69) is 16.4 Å². The molecular weight excluding hydrogens is 284 g/mol. The van der Waals surface area contributed by atoms with Crippen LogP contribution in [0.2, 0.25) is 0 Å². The van der Waals surface area contributed by atoms with Crippen LogP contribution < -0.4 is 0 Å². The third kappa shape index (κ3) is 3.18. The number of hydrogen-bond donors (Lipinski definition) is 1. The van der Waals surface area contributed by atoms with E-state index in [1.807, 2.05) is 4.90 Å². The van der Waals surface area contributed by atoms with Gasteiger partial charge in [0.05, 0.1) is 6.20 Å². The maximum atomic E-state index is 12.4. The van der Waals surface area contributed by atoms with Gasteiger partial charge in [0.2, 0.25) is 5.91 Å². The SMILES string of the molecule is O=C(O)c1cn(CC2CCCN(C(=O)C3=CCCC3)C2)nn1. The number of hydrogen-bond acceptors (Lipinski definition) is 4. The number of nitrogens with zero attached hydrogens (tertiary/aromatic N) is 4. The first-order chi connectivity index (χ1) is 10.6. The fourth-order valence-electron chi connectivity index (χ4n) is 3.22. The molecule has 118 valence electrons. The Balaban J connectivity index is 1.60. The monoisotopic (exact) mass is 304 g/mol. The molecule has 0 saturated carbocycles. The van der Waals surface area contributed by atoms with Crippen LogP contribution in [0.1, 0.15) is 42.6 Å². The quantitative estimate of drug-likeness (QED) is 0.906. The number of aromatic nitrogens is 3.